The maximum absolute atomic E-state index is 12.8. The van der Waals surface area contributed by atoms with E-state index in [0.29, 0.717) is 19.0 Å². The van der Waals surface area contributed by atoms with Gasteiger partial charge in [-0.2, -0.15) is 5.10 Å². The van der Waals surface area contributed by atoms with Crippen molar-refractivity contribution in [1.82, 2.24) is 24.6 Å². The van der Waals surface area contributed by atoms with Gasteiger partial charge in [-0.1, -0.05) is 13.8 Å². The minimum absolute atomic E-state index is 0.00782. The molecule has 8 heteroatoms. The van der Waals surface area contributed by atoms with Crippen LogP contribution in [0.1, 0.15) is 57.5 Å². The minimum Gasteiger partial charge on any atom is -0.468 e. The van der Waals surface area contributed by atoms with Crippen LogP contribution in [0.5, 0.6) is 0 Å². The van der Waals surface area contributed by atoms with Gasteiger partial charge in [0.25, 0.3) is 0 Å². The maximum atomic E-state index is 12.8. The van der Waals surface area contributed by atoms with Crippen molar-refractivity contribution in [3.8, 4) is 0 Å². The summed E-state index contributed by atoms with van der Waals surface area (Å²) in [5.41, 5.74) is -0.00782. The second-order valence-corrected chi connectivity index (χ2v) is 9.42. The van der Waals surface area contributed by atoms with Crippen LogP contribution in [0, 0.1) is 11.8 Å². The third kappa shape index (κ3) is 5.47. The lowest BCUT2D eigenvalue weighted by Crippen LogP contribution is -2.44. The third-order valence-electron chi connectivity index (χ3n) is 6.60. The van der Waals surface area contributed by atoms with Crippen LogP contribution in [0.15, 0.2) is 27.6 Å². The Kier molecular flexibility index (Phi) is 6.95. The number of carbonyl (C=O) groups excluding carboxylic acids is 1. The van der Waals surface area contributed by atoms with E-state index in [9.17, 15) is 9.59 Å². The largest absolute Gasteiger partial charge is 0.468 e. The summed E-state index contributed by atoms with van der Waals surface area (Å²) >= 11 is 0. The first-order valence-corrected chi connectivity index (χ1v) is 11.7. The third-order valence-corrected chi connectivity index (χ3v) is 6.60. The van der Waals surface area contributed by atoms with Crippen LogP contribution in [0.2, 0.25) is 0 Å². The van der Waals surface area contributed by atoms with Crippen molar-refractivity contribution in [3.63, 3.8) is 0 Å². The van der Waals surface area contributed by atoms with E-state index in [1.807, 2.05) is 12.1 Å². The fraction of sp³-hybridized carbons (Fsp3) is 0.696. The van der Waals surface area contributed by atoms with Crippen LogP contribution >= 0.6 is 0 Å². The highest BCUT2D eigenvalue weighted by molar-refractivity contribution is 5.79. The number of rotatable bonds is 7. The van der Waals surface area contributed by atoms with E-state index in [0.717, 1.165) is 69.7 Å². The van der Waals surface area contributed by atoms with Gasteiger partial charge in [-0.05, 0) is 63.2 Å². The molecule has 4 heterocycles. The lowest BCUT2D eigenvalue weighted by atomic mass is 9.95. The molecular weight excluding hydrogens is 394 g/mol. The number of amides is 1. The first kappa shape index (κ1) is 21.9. The van der Waals surface area contributed by atoms with Gasteiger partial charge in [-0.25, -0.2) is 9.48 Å². The first-order valence-electron chi connectivity index (χ1n) is 11.7. The molecule has 2 aromatic rings. The molecule has 0 saturated carbocycles. The summed E-state index contributed by atoms with van der Waals surface area (Å²) in [5.74, 6) is 2.61. The van der Waals surface area contributed by atoms with Gasteiger partial charge in [0.2, 0.25) is 5.91 Å². The zero-order chi connectivity index (χ0) is 21.8. The zero-order valence-corrected chi connectivity index (χ0v) is 18.8. The van der Waals surface area contributed by atoms with Crippen molar-refractivity contribution < 1.29 is 9.21 Å². The molecule has 0 aliphatic carbocycles. The zero-order valence-electron chi connectivity index (χ0n) is 18.8. The van der Waals surface area contributed by atoms with Gasteiger partial charge in [0, 0.05) is 31.5 Å². The summed E-state index contributed by atoms with van der Waals surface area (Å²) in [4.78, 5) is 27.9. The molecule has 1 atom stereocenters. The van der Waals surface area contributed by atoms with Crippen LogP contribution in [-0.2, 0) is 30.8 Å². The quantitative estimate of drug-likeness (QED) is 0.731. The van der Waals surface area contributed by atoms with Gasteiger partial charge < -0.3 is 9.73 Å². The summed E-state index contributed by atoms with van der Waals surface area (Å²) in [7, 11) is 0. The summed E-state index contributed by atoms with van der Waals surface area (Å²) in [6.45, 7) is 8.25. The van der Waals surface area contributed by atoms with E-state index in [2.05, 4.69) is 29.2 Å². The molecule has 31 heavy (non-hydrogen) atoms. The molecule has 1 saturated heterocycles. The van der Waals surface area contributed by atoms with E-state index in [1.165, 1.54) is 0 Å². The summed E-state index contributed by atoms with van der Waals surface area (Å²) in [6, 6.07) is 4.02. The van der Waals surface area contributed by atoms with Gasteiger partial charge in [-0.15, -0.1) is 0 Å². The molecule has 0 spiro atoms. The topological polar surface area (TPSA) is 85.3 Å². The highest BCUT2D eigenvalue weighted by Gasteiger charge is 2.28. The van der Waals surface area contributed by atoms with Gasteiger partial charge in [0.15, 0.2) is 0 Å². The number of fused-ring (bicyclic) bond motifs is 1. The number of hydrogen-bond donors (Lipinski definition) is 1. The van der Waals surface area contributed by atoms with Gasteiger partial charge in [-0.3, -0.25) is 14.3 Å². The number of likely N-dealkylation sites (tertiary alicyclic amines) is 1. The van der Waals surface area contributed by atoms with Crippen LogP contribution < -0.4 is 11.0 Å². The van der Waals surface area contributed by atoms with Gasteiger partial charge >= 0.3 is 5.69 Å². The number of nitrogens with zero attached hydrogens (tertiary/aromatic N) is 4. The molecule has 8 nitrogen and oxygen atoms in total. The number of carbonyl (C=O) groups is 1. The highest BCUT2D eigenvalue weighted by Crippen LogP contribution is 2.21. The van der Waals surface area contributed by atoms with E-state index < -0.39 is 0 Å². The molecule has 2 aliphatic rings. The summed E-state index contributed by atoms with van der Waals surface area (Å²) in [6.07, 6.45) is 6.76. The summed E-state index contributed by atoms with van der Waals surface area (Å²) < 4.78 is 8.85. The Labute approximate surface area is 183 Å². The van der Waals surface area contributed by atoms with E-state index in [4.69, 9.17) is 4.42 Å². The van der Waals surface area contributed by atoms with E-state index in [-0.39, 0.29) is 23.6 Å². The van der Waals surface area contributed by atoms with Gasteiger partial charge in [0.1, 0.15) is 11.6 Å². The summed E-state index contributed by atoms with van der Waals surface area (Å²) in [5, 5.41) is 7.83. The van der Waals surface area contributed by atoms with Crippen LogP contribution in [-0.4, -0.2) is 44.3 Å². The average molecular weight is 430 g/mol. The van der Waals surface area contributed by atoms with Crippen molar-refractivity contribution in [2.45, 2.75) is 78.0 Å². The monoisotopic (exact) mass is 429 g/mol. The normalized spacial score (nSPS) is 20.5. The van der Waals surface area contributed by atoms with Crippen molar-refractivity contribution >= 4 is 5.91 Å². The molecule has 1 fully saturated rings. The maximum Gasteiger partial charge on any atom is 0.345 e. The number of aryl methyl sites for hydroxylation is 2. The van der Waals surface area contributed by atoms with Crippen LogP contribution in [0.3, 0.4) is 0 Å². The Balaban J connectivity index is 1.25. The molecule has 1 N–H and O–H groups in total. The number of furan rings is 1. The molecule has 1 amide bonds. The molecule has 0 radical (unpaired) electrons. The lowest BCUT2D eigenvalue weighted by Gasteiger charge is -2.31. The molecule has 170 valence electrons. The fourth-order valence-electron chi connectivity index (χ4n) is 4.59. The standard InChI is InChI=1S/C23H35N5O3/c1-17(2)7-14-28-23(30)27-13-10-19(5-6-21(27)25-28)24-22(29)18-8-11-26(12-9-18)16-20-4-3-15-31-20/h3-4,15,17-19H,5-14,16H2,1-2H3,(H,24,29). The molecular formula is C23H35N5O3. The van der Waals surface area contributed by atoms with Crippen LogP contribution in [0.25, 0.3) is 0 Å². The lowest BCUT2D eigenvalue weighted by molar-refractivity contribution is -0.127. The molecule has 2 aliphatic heterocycles. The predicted molar refractivity (Wildman–Crippen MR) is 118 cm³/mol. The van der Waals surface area contributed by atoms with Crippen molar-refractivity contribution in [3.05, 3.63) is 40.5 Å². The van der Waals surface area contributed by atoms with E-state index >= 15 is 0 Å². The Hall–Kier alpha value is -2.35. The average Bonchev–Trinajstić information content (AvgIpc) is 3.31. The Morgan fingerprint density at radius 2 is 2.03 bits per heavy atom. The second kappa shape index (κ2) is 9.85. The van der Waals surface area contributed by atoms with Gasteiger partial charge in [0.05, 0.1) is 12.8 Å². The van der Waals surface area contributed by atoms with Crippen LogP contribution in [0.4, 0.5) is 0 Å². The highest BCUT2D eigenvalue weighted by atomic mass is 16.3. The molecule has 4 rings (SSSR count). The number of aromatic nitrogens is 3. The number of hydrogen-bond acceptors (Lipinski definition) is 5. The number of nitrogens with one attached hydrogen (secondary N) is 1. The second-order valence-electron chi connectivity index (χ2n) is 9.42. The Morgan fingerprint density at radius 3 is 2.74 bits per heavy atom. The molecule has 2 aromatic heterocycles. The van der Waals surface area contributed by atoms with Crippen molar-refractivity contribution in [2.24, 2.45) is 11.8 Å². The van der Waals surface area contributed by atoms with E-state index in [1.54, 1.807) is 15.5 Å². The predicted octanol–water partition coefficient (Wildman–Crippen LogP) is 2.42. The van der Waals surface area contributed by atoms with Crippen molar-refractivity contribution in [1.29, 1.82) is 0 Å². The number of piperidine rings is 1. The molecule has 0 bridgehead atoms. The fourth-order valence-corrected chi connectivity index (χ4v) is 4.59. The molecule has 0 aromatic carbocycles. The Morgan fingerprint density at radius 1 is 1.23 bits per heavy atom. The smallest absolute Gasteiger partial charge is 0.345 e. The van der Waals surface area contributed by atoms with Crippen molar-refractivity contribution in [2.75, 3.05) is 13.1 Å². The first-order chi connectivity index (χ1) is 15.0. The minimum atomic E-state index is -0.00782. The SMILES string of the molecule is CC(C)CCn1nc2n(c1=O)CCC(NC(=O)C1CCN(Cc3ccco3)CC1)CC2. The Bertz CT molecular complexity index is 906. The molecule has 1 unspecified atom stereocenters.